The van der Waals surface area contributed by atoms with Gasteiger partial charge in [-0.2, -0.15) is 0 Å². The summed E-state index contributed by atoms with van der Waals surface area (Å²) in [4.78, 5) is 0. The molecule has 0 bridgehead atoms. The molecule has 1 unspecified atom stereocenters. The van der Waals surface area contributed by atoms with Crippen molar-refractivity contribution in [1.82, 2.24) is 5.32 Å². The topological polar surface area (TPSA) is 32.3 Å². The molecule has 0 radical (unpaired) electrons. The van der Waals surface area contributed by atoms with Crippen LogP contribution in [0.2, 0.25) is 0 Å². The second-order valence-electron chi connectivity index (χ2n) is 3.56. The first-order valence-electron chi connectivity index (χ1n) is 5.00. The molecule has 0 aromatic heterocycles. The molecule has 0 amide bonds. The zero-order valence-electron chi connectivity index (χ0n) is 8.33. The molecule has 1 heterocycles. The van der Waals surface area contributed by atoms with Gasteiger partial charge in [0.1, 0.15) is 5.75 Å². The second kappa shape index (κ2) is 3.84. The van der Waals surface area contributed by atoms with Crippen LogP contribution in [0.3, 0.4) is 0 Å². The van der Waals surface area contributed by atoms with Crippen LogP contribution < -0.4 is 5.32 Å². The van der Waals surface area contributed by atoms with Gasteiger partial charge in [0.05, 0.1) is 6.04 Å². The number of allylic oxidation sites excluding steroid dienone is 1. The number of hydrogen-bond donors (Lipinski definition) is 2. The number of aromatic hydroxyl groups is 1. The molecule has 14 heavy (non-hydrogen) atoms. The molecule has 2 nitrogen and oxygen atoms in total. The van der Waals surface area contributed by atoms with Crippen molar-refractivity contribution >= 4 is 0 Å². The highest BCUT2D eigenvalue weighted by molar-refractivity contribution is 5.44. The summed E-state index contributed by atoms with van der Waals surface area (Å²) < 4.78 is 0. The minimum absolute atomic E-state index is 0.171. The van der Waals surface area contributed by atoms with Crippen LogP contribution in [0.25, 0.3) is 0 Å². The van der Waals surface area contributed by atoms with E-state index in [9.17, 15) is 5.11 Å². The molecule has 2 rings (SSSR count). The summed E-state index contributed by atoms with van der Waals surface area (Å²) in [5.41, 5.74) is 2.30. The van der Waals surface area contributed by atoms with Gasteiger partial charge in [-0.15, -0.1) is 0 Å². The number of rotatable bonds is 1. The van der Waals surface area contributed by atoms with E-state index in [0.717, 1.165) is 18.5 Å². The Morgan fingerprint density at radius 2 is 2.36 bits per heavy atom. The number of phenolic OH excluding ortho intramolecular Hbond substituents is 1. The number of phenols is 1. The van der Waals surface area contributed by atoms with Gasteiger partial charge in [-0.3, -0.25) is 0 Å². The van der Waals surface area contributed by atoms with E-state index in [-0.39, 0.29) is 6.04 Å². The minimum atomic E-state index is 0.171. The van der Waals surface area contributed by atoms with Crippen LogP contribution in [0, 0.1) is 0 Å². The minimum Gasteiger partial charge on any atom is -0.508 e. The van der Waals surface area contributed by atoms with Crippen LogP contribution >= 0.6 is 0 Å². The van der Waals surface area contributed by atoms with Crippen LogP contribution in [-0.4, -0.2) is 11.7 Å². The van der Waals surface area contributed by atoms with Gasteiger partial charge in [-0.05, 0) is 25.0 Å². The van der Waals surface area contributed by atoms with Crippen molar-refractivity contribution in [2.45, 2.75) is 19.4 Å². The highest BCUT2D eigenvalue weighted by Gasteiger charge is 2.19. The van der Waals surface area contributed by atoms with Crippen molar-refractivity contribution in [1.29, 1.82) is 0 Å². The van der Waals surface area contributed by atoms with Crippen LogP contribution in [0.1, 0.15) is 24.1 Å². The Labute approximate surface area is 84.3 Å². The van der Waals surface area contributed by atoms with E-state index in [1.54, 1.807) is 6.07 Å². The molecule has 1 aliphatic rings. The van der Waals surface area contributed by atoms with Crippen molar-refractivity contribution in [2.24, 2.45) is 0 Å². The smallest absolute Gasteiger partial charge is 0.120 e. The Hall–Kier alpha value is -1.28. The van der Waals surface area contributed by atoms with Gasteiger partial charge >= 0.3 is 0 Å². The Kier molecular flexibility index (Phi) is 2.55. The number of hydrogen-bond acceptors (Lipinski definition) is 2. The highest BCUT2D eigenvalue weighted by atomic mass is 16.3. The molecule has 1 aliphatic heterocycles. The van der Waals surface area contributed by atoms with Gasteiger partial charge < -0.3 is 10.4 Å². The van der Waals surface area contributed by atoms with Crippen LogP contribution in [-0.2, 0) is 6.42 Å². The summed E-state index contributed by atoms with van der Waals surface area (Å²) in [5.74, 6) is 0.401. The van der Waals surface area contributed by atoms with E-state index in [1.165, 1.54) is 5.56 Å². The highest BCUT2D eigenvalue weighted by Crippen LogP contribution is 2.31. The Balaban J connectivity index is 2.46. The molecular weight excluding hydrogens is 174 g/mol. The molecule has 0 aliphatic carbocycles. The summed E-state index contributed by atoms with van der Waals surface area (Å²) in [6.07, 6.45) is 5.09. The van der Waals surface area contributed by atoms with Gasteiger partial charge in [-0.25, -0.2) is 0 Å². The lowest BCUT2D eigenvalue weighted by Crippen LogP contribution is -2.28. The quantitative estimate of drug-likeness (QED) is 0.663. The predicted molar refractivity (Wildman–Crippen MR) is 57.4 cm³/mol. The molecule has 2 N–H and O–H groups in total. The first kappa shape index (κ1) is 9.28. The fraction of sp³-hybridized carbons (Fsp3) is 0.333. The van der Waals surface area contributed by atoms with Crippen molar-refractivity contribution < 1.29 is 5.11 Å². The zero-order valence-corrected chi connectivity index (χ0v) is 8.33. The summed E-state index contributed by atoms with van der Waals surface area (Å²) in [5, 5.41) is 13.1. The fourth-order valence-electron chi connectivity index (χ4n) is 2.00. The average Bonchev–Trinajstić information content (AvgIpc) is 2.19. The molecule has 0 saturated heterocycles. The molecule has 0 spiro atoms. The summed E-state index contributed by atoms with van der Waals surface area (Å²) in [6.45, 7) is 2.97. The third-order valence-corrected chi connectivity index (χ3v) is 2.63. The standard InChI is InChI=1S/C12H15NO/c1-2-4-10-12-9(7-8-13-10)5-3-6-11(12)14/h2-6,10,13-14H,7-8H2,1H3/b4-2+. The number of benzene rings is 1. The first-order valence-corrected chi connectivity index (χ1v) is 5.00. The third kappa shape index (κ3) is 1.53. The van der Waals surface area contributed by atoms with Gasteiger partial charge in [-0.1, -0.05) is 24.3 Å². The third-order valence-electron chi connectivity index (χ3n) is 2.63. The molecule has 1 aromatic carbocycles. The molecule has 1 atom stereocenters. The van der Waals surface area contributed by atoms with Gasteiger partial charge in [0.25, 0.3) is 0 Å². The Bertz CT molecular complexity index is 357. The van der Waals surface area contributed by atoms with E-state index in [4.69, 9.17) is 0 Å². The van der Waals surface area contributed by atoms with Crippen molar-refractivity contribution in [3.05, 3.63) is 41.5 Å². The monoisotopic (exact) mass is 189 g/mol. The summed E-state index contributed by atoms with van der Waals surface area (Å²) in [6, 6.07) is 5.92. The lowest BCUT2D eigenvalue weighted by atomic mass is 9.93. The number of fused-ring (bicyclic) bond motifs is 1. The molecule has 74 valence electrons. The van der Waals surface area contributed by atoms with Crippen molar-refractivity contribution in [2.75, 3.05) is 6.54 Å². The van der Waals surface area contributed by atoms with Crippen LogP contribution in [0.4, 0.5) is 0 Å². The molecule has 0 saturated carbocycles. The summed E-state index contributed by atoms with van der Waals surface area (Å²) in [7, 11) is 0. The van der Waals surface area contributed by atoms with Gasteiger partial charge in [0, 0.05) is 12.1 Å². The van der Waals surface area contributed by atoms with E-state index in [2.05, 4.69) is 17.5 Å². The zero-order chi connectivity index (χ0) is 9.97. The Morgan fingerprint density at radius 1 is 1.50 bits per heavy atom. The average molecular weight is 189 g/mol. The fourth-order valence-corrected chi connectivity index (χ4v) is 2.00. The van der Waals surface area contributed by atoms with Gasteiger partial charge in [0.2, 0.25) is 0 Å². The molecule has 1 aromatic rings. The van der Waals surface area contributed by atoms with E-state index < -0.39 is 0 Å². The molecule has 0 fully saturated rings. The number of nitrogens with one attached hydrogen (secondary N) is 1. The van der Waals surface area contributed by atoms with E-state index >= 15 is 0 Å². The lowest BCUT2D eigenvalue weighted by Gasteiger charge is -2.25. The van der Waals surface area contributed by atoms with Crippen LogP contribution in [0.15, 0.2) is 30.4 Å². The van der Waals surface area contributed by atoms with E-state index in [0.29, 0.717) is 5.75 Å². The molecular formula is C12H15NO. The Morgan fingerprint density at radius 3 is 3.14 bits per heavy atom. The lowest BCUT2D eigenvalue weighted by molar-refractivity contribution is 0.450. The normalized spacial score (nSPS) is 21.1. The van der Waals surface area contributed by atoms with Gasteiger partial charge in [0.15, 0.2) is 0 Å². The maximum absolute atomic E-state index is 9.78. The predicted octanol–water partition coefficient (Wildman–Crippen LogP) is 2.16. The maximum Gasteiger partial charge on any atom is 0.120 e. The maximum atomic E-state index is 9.78. The summed E-state index contributed by atoms with van der Waals surface area (Å²) >= 11 is 0. The van der Waals surface area contributed by atoms with Crippen molar-refractivity contribution in [3.63, 3.8) is 0 Å². The molecule has 2 heteroatoms. The largest absolute Gasteiger partial charge is 0.508 e. The SMILES string of the molecule is C/C=C/C1NCCc2cccc(O)c21. The van der Waals surface area contributed by atoms with Crippen molar-refractivity contribution in [3.8, 4) is 5.75 Å². The van der Waals surface area contributed by atoms with E-state index in [1.807, 2.05) is 19.1 Å². The van der Waals surface area contributed by atoms with Crippen LogP contribution in [0.5, 0.6) is 5.75 Å². The first-order chi connectivity index (χ1) is 6.83. The second-order valence-corrected chi connectivity index (χ2v) is 3.56.